The van der Waals surface area contributed by atoms with Gasteiger partial charge in [-0.05, 0) is 53.3 Å². The lowest BCUT2D eigenvalue weighted by atomic mass is 9.93. The summed E-state index contributed by atoms with van der Waals surface area (Å²) in [5.41, 5.74) is 3.04. The van der Waals surface area contributed by atoms with Crippen LogP contribution < -0.4 is 0 Å². The van der Waals surface area contributed by atoms with E-state index in [4.69, 9.17) is 16.7 Å². The van der Waals surface area contributed by atoms with Crippen LogP contribution in [0.4, 0.5) is 4.39 Å². The van der Waals surface area contributed by atoms with E-state index in [0.29, 0.717) is 28.1 Å². The Morgan fingerprint density at radius 3 is 2.56 bits per heavy atom. The third kappa shape index (κ3) is 4.40. The van der Waals surface area contributed by atoms with E-state index in [1.165, 1.54) is 12.1 Å². The smallest absolute Gasteiger partial charge is 0.328 e. The molecule has 0 radical (unpaired) electrons. The molecule has 0 aromatic heterocycles. The molecule has 0 spiro atoms. The highest BCUT2D eigenvalue weighted by Gasteiger charge is 2.17. The molecule has 2 N–H and O–H groups in total. The molecular formula is C20H20ClFO3. The van der Waals surface area contributed by atoms with Gasteiger partial charge in [-0.1, -0.05) is 37.6 Å². The van der Waals surface area contributed by atoms with Gasteiger partial charge in [0.1, 0.15) is 11.6 Å². The molecule has 0 saturated heterocycles. The zero-order valence-electron chi connectivity index (χ0n) is 14.3. The summed E-state index contributed by atoms with van der Waals surface area (Å²) in [6.07, 6.45) is 2.79. The first-order chi connectivity index (χ1) is 11.7. The molecule has 25 heavy (non-hydrogen) atoms. The molecule has 0 heterocycles. The Hall–Kier alpha value is -2.33. The van der Waals surface area contributed by atoms with Gasteiger partial charge < -0.3 is 10.2 Å². The van der Waals surface area contributed by atoms with Gasteiger partial charge in [0.2, 0.25) is 0 Å². The molecule has 0 amide bonds. The number of phenols is 1. The van der Waals surface area contributed by atoms with E-state index in [1.807, 2.05) is 26.8 Å². The van der Waals surface area contributed by atoms with Gasteiger partial charge >= 0.3 is 5.97 Å². The number of carboxylic acid groups (broad SMARTS) is 1. The fourth-order valence-corrected chi connectivity index (χ4v) is 3.13. The van der Waals surface area contributed by atoms with Crippen LogP contribution in [-0.4, -0.2) is 16.2 Å². The summed E-state index contributed by atoms with van der Waals surface area (Å²) in [5, 5.41) is 19.0. The number of halogens is 2. The van der Waals surface area contributed by atoms with Crippen molar-refractivity contribution in [3.63, 3.8) is 0 Å². The molecule has 0 aliphatic rings. The standard InChI is InChI=1S/C20H20ClFO3/c1-11(2)19-17(23)6-5-14(20(19)22)10-15-12(3)8-13(9-16(15)21)4-7-18(24)25/h4-9,11,23H,10H2,1-3H3,(H,24,25)/b7-4+. The van der Waals surface area contributed by atoms with Crippen molar-refractivity contribution in [3.8, 4) is 5.75 Å². The minimum Gasteiger partial charge on any atom is -0.508 e. The first-order valence-corrected chi connectivity index (χ1v) is 8.28. The lowest BCUT2D eigenvalue weighted by Gasteiger charge is -2.15. The second-order valence-corrected chi connectivity index (χ2v) is 6.68. The normalized spacial score (nSPS) is 11.4. The summed E-state index contributed by atoms with van der Waals surface area (Å²) in [5.74, 6) is -1.64. The highest BCUT2D eigenvalue weighted by atomic mass is 35.5. The third-order valence-corrected chi connectivity index (χ3v) is 4.38. The zero-order valence-corrected chi connectivity index (χ0v) is 15.1. The average Bonchev–Trinajstić information content (AvgIpc) is 2.50. The van der Waals surface area contributed by atoms with Crippen LogP contribution in [0, 0.1) is 12.7 Å². The molecule has 2 aromatic carbocycles. The molecular weight excluding hydrogens is 343 g/mol. The number of aliphatic carboxylic acids is 1. The lowest BCUT2D eigenvalue weighted by Crippen LogP contribution is -2.02. The molecule has 0 unspecified atom stereocenters. The van der Waals surface area contributed by atoms with Crippen molar-refractivity contribution in [2.45, 2.75) is 33.1 Å². The second-order valence-electron chi connectivity index (χ2n) is 6.27. The van der Waals surface area contributed by atoms with Crippen molar-refractivity contribution in [3.05, 3.63) is 69.0 Å². The van der Waals surface area contributed by atoms with E-state index in [0.717, 1.165) is 17.2 Å². The highest BCUT2D eigenvalue weighted by molar-refractivity contribution is 6.31. The van der Waals surface area contributed by atoms with Gasteiger partial charge in [0.05, 0.1) is 0 Å². The Labute approximate surface area is 151 Å². The number of carboxylic acids is 1. The SMILES string of the molecule is Cc1cc(/C=C/C(=O)O)cc(Cl)c1Cc1ccc(O)c(C(C)C)c1F. The first kappa shape index (κ1) is 19.0. The molecule has 0 bridgehead atoms. The Bertz CT molecular complexity index is 818. The Kier molecular flexibility index (Phi) is 5.85. The van der Waals surface area contributed by atoms with Crippen LogP contribution in [0.25, 0.3) is 6.08 Å². The van der Waals surface area contributed by atoms with Gasteiger partial charge in [0.25, 0.3) is 0 Å². The summed E-state index contributed by atoms with van der Waals surface area (Å²) < 4.78 is 14.7. The van der Waals surface area contributed by atoms with Crippen LogP contribution >= 0.6 is 11.6 Å². The van der Waals surface area contributed by atoms with Gasteiger partial charge in [-0.15, -0.1) is 0 Å². The molecule has 0 atom stereocenters. The van der Waals surface area contributed by atoms with E-state index < -0.39 is 11.8 Å². The summed E-state index contributed by atoms with van der Waals surface area (Å²) in [6, 6.07) is 6.53. The molecule has 0 aliphatic heterocycles. The molecule has 3 nitrogen and oxygen atoms in total. The van der Waals surface area contributed by atoms with E-state index in [9.17, 15) is 14.3 Å². The van der Waals surface area contributed by atoms with E-state index in [1.54, 1.807) is 12.1 Å². The number of rotatable bonds is 5. The van der Waals surface area contributed by atoms with Crippen molar-refractivity contribution in [2.24, 2.45) is 0 Å². The Morgan fingerprint density at radius 2 is 2.00 bits per heavy atom. The number of aryl methyl sites for hydroxylation is 1. The predicted octanol–water partition coefficient (Wildman–Crippen LogP) is 5.31. The van der Waals surface area contributed by atoms with E-state index in [-0.39, 0.29) is 11.7 Å². The summed E-state index contributed by atoms with van der Waals surface area (Å²) in [6.45, 7) is 5.49. The van der Waals surface area contributed by atoms with Gasteiger partial charge in [-0.2, -0.15) is 0 Å². The maximum atomic E-state index is 14.7. The number of phenolic OH excluding ortho intramolecular Hbond substituents is 1. The van der Waals surface area contributed by atoms with Crippen molar-refractivity contribution >= 4 is 23.6 Å². The molecule has 0 saturated carbocycles. The second kappa shape index (κ2) is 7.70. The molecule has 0 aliphatic carbocycles. The van der Waals surface area contributed by atoms with Crippen molar-refractivity contribution < 1.29 is 19.4 Å². The fourth-order valence-electron chi connectivity index (χ4n) is 2.79. The summed E-state index contributed by atoms with van der Waals surface area (Å²) in [7, 11) is 0. The Morgan fingerprint density at radius 1 is 1.32 bits per heavy atom. The van der Waals surface area contributed by atoms with Crippen LogP contribution in [0.5, 0.6) is 5.75 Å². The van der Waals surface area contributed by atoms with Crippen molar-refractivity contribution in [1.82, 2.24) is 0 Å². The minimum atomic E-state index is -1.04. The van der Waals surface area contributed by atoms with Gasteiger partial charge in [-0.25, -0.2) is 9.18 Å². The number of hydrogen-bond donors (Lipinski definition) is 2. The number of carbonyl (C=O) groups is 1. The average molecular weight is 363 g/mol. The monoisotopic (exact) mass is 362 g/mol. The van der Waals surface area contributed by atoms with Crippen molar-refractivity contribution in [2.75, 3.05) is 0 Å². The van der Waals surface area contributed by atoms with Crippen LogP contribution in [0.15, 0.2) is 30.3 Å². The van der Waals surface area contributed by atoms with Crippen LogP contribution in [-0.2, 0) is 11.2 Å². The van der Waals surface area contributed by atoms with Crippen LogP contribution in [0.2, 0.25) is 5.02 Å². The predicted molar refractivity (Wildman–Crippen MR) is 97.8 cm³/mol. The maximum Gasteiger partial charge on any atom is 0.328 e. The Balaban J connectivity index is 2.42. The molecule has 132 valence electrons. The van der Waals surface area contributed by atoms with Gasteiger partial charge in [-0.3, -0.25) is 0 Å². The molecule has 2 rings (SSSR count). The lowest BCUT2D eigenvalue weighted by molar-refractivity contribution is -0.131. The fraction of sp³-hybridized carbons (Fsp3) is 0.250. The highest BCUT2D eigenvalue weighted by Crippen LogP contribution is 2.33. The number of benzene rings is 2. The largest absolute Gasteiger partial charge is 0.508 e. The first-order valence-electron chi connectivity index (χ1n) is 7.91. The summed E-state index contributed by atoms with van der Waals surface area (Å²) >= 11 is 6.33. The van der Waals surface area contributed by atoms with E-state index in [2.05, 4.69) is 0 Å². The van der Waals surface area contributed by atoms with Gasteiger partial charge in [0.15, 0.2) is 0 Å². The summed E-state index contributed by atoms with van der Waals surface area (Å²) in [4.78, 5) is 10.6. The zero-order chi connectivity index (χ0) is 18.7. The topological polar surface area (TPSA) is 57.5 Å². The number of aromatic hydroxyl groups is 1. The maximum absolute atomic E-state index is 14.7. The number of hydrogen-bond acceptors (Lipinski definition) is 2. The minimum absolute atomic E-state index is 0.0479. The quantitative estimate of drug-likeness (QED) is 0.709. The molecule has 0 fully saturated rings. The molecule has 2 aromatic rings. The van der Waals surface area contributed by atoms with Crippen molar-refractivity contribution in [1.29, 1.82) is 0 Å². The molecule has 5 heteroatoms. The third-order valence-electron chi connectivity index (χ3n) is 4.04. The van der Waals surface area contributed by atoms with E-state index >= 15 is 0 Å². The van der Waals surface area contributed by atoms with Gasteiger partial charge in [0, 0.05) is 23.1 Å². The van der Waals surface area contributed by atoms with Crippen LogP contribution in [0.3, 0.4) is 0 Å². The van der Waals surface area contributed by atoms with Crippen LogP contribution in [0.1, 0.15) is 47.6 Å².